The van der Waals surface area contributed by atoms with Crippen LogP contribution in [0.1, 0.15) is 12.5 Å². The van der Waals surface area contributed by atoms with Crippen LogP contribution in [0.25, 0.3) is 28.0 Å². The lowest BCUT2D eigenvalue weighted by Gasteiger charge is -2.13. The molecule has 0 bridgehead atoms. The molecule has 0 saturated heterocycles. The molecule has 164 valence electrons. The van der Waals surface area contributed by atoms with Crippen LogP contribution in [0, 0.1) is 0 Å². The first-order chi connectivity index (χ1) is 15.1. The van der Waals surface area contributed by atoms with Crippen LogP contribution < -0.4 is 5.56 Å². The van der Waals surface area contributed by atoms with Gasteiger partial charge in [-0.3, -0.25) is 4.79 Å². The number of benzene rings is 1. The number of pyridine rings is 2. The van der Waals surface area contributed by atoms with E-state index < -0.39 is 27.1 Å². The van der Waals surface area contributed by atoms with E-state index in [-0.39, 0.29) is 27.4 Å². The van der Waals surface area contributed by atoms with Gasteiger partial charge in [0.15, 0.2) is 15.7 Å². The predicted molar refractivity (Wildman–Crippen MR) is 111 cm³/mol. The highest BCUT2D eigenvalue weighted by Crippen LogP contribution is 2.30. The number of aromatic nitrogens is 4. The molecule has 0 radical (unpaired) electrons. The number of alkyl halides is 3. The van der Waals surface area contributed by atoms with Gasteiger partial charge in [0.1, 0.15) is 10.4 Å². The molecule has 3 aromatic heterocycles. The van der Waals surface area contributed by atoms with E-state index in [2.05, 4.69) is 15.1 Å². The average Bonchev–Trinajstić information content (AvgIpc) is 2.78. The molecule has 0 N–H and O–H groups in total. The molecule has 1 aromatic carbocycles. The second-order valence-electron chi connectivity index (χ2n) is 6.81. The Labute approximate surface area is 180 Å². The molecule has 0 aliphatic carbocycles. The third-order valence-electron chi connectivity index (χ3n) is 4.78. The minimum Gasteiger partial charge on any atom is -0.265 e. The smallest absolute Gasteiger partial charge is 0.265 e. The van der Waals surface area contributed by atoms with Crippen molar-refractivity contribution >= 4 is 20.7 Å². The lowest BCUT2D eigenvalue weighted by atomic mass is 10.1. The molecular formula is C21H15F3N4O3S. The zero-order valence-corrected chi connectivity index (χ0v) is 17.4. The molecule has 0 atom stereocenters. The third kappa shape index (κ3) is 3.86. The molecule has 4 aromatic rings. The summed E-state index contributed by atoms with van der Waals surface area (Å²) in [5, 5.41) is 3.79. The van der Waals surface area contributed by atoms with Crippen LogP contribution in [0.5, 0.6) is 0 Å². The fourth-order valence-corrected chi connectivity index (χ4v) is 4.09. The Balaban J connectivity index is 1.98. The van der Waals surface area contributed by atoms with Crippen molar-refractivity contribution in [1.29, 1.82) is 0 Å². The van der Waals surface area contributed by atoms with Crippen LogP contribution in [0.4, 0.5) is 13.2 Å². The topological polar surface area (TPSA) is 94.8 Å². The van der Waals surface area contributed by atoms with Crippen molar-refractivity contribution in [3.63, 3.8) is 0 Å². The van der Waals surface area contributed by atoms with E-state index >= 15 is 0 Å². The number of sulfone groups is 1. The highest BCUT2D eigenvalue weighted by atomic mass is 32.2. The van der Waals surface area contributed by atoms with Crippen molar-refractivity contribution in [3.05, 3.63) is 76.8 Å². The summed E-state index contributed by atoms with van der Waals surface area (Å²) < 4.78 is 65.0. The summed E-state index contributed by atoms with van der Waals surface area (Å²) in [5.74, 6) is -0.496. The Morgan fingerprint density at radius 2 is 1.75 bits per heavy atom. The maximum absolute atomic E-state index is 13.0. The molecule has 32 heavy (non-hydrogen) atoms. The van der Waals surface area contributed by atoms with E-state index in [9.17, 15) is 26.4 Å². The van der Waals surface area contributed by atoms with Gasteiger partial charge in [-0.1, -0.05) is 37.3 Å². The lowest BCUT2D eigenvalue weighted by Crippen LogP contribution is -2.25. The zero-order chi connectivity index (χ0) is 23.1. The summed E-state index contributed by atoms with van der Waals surface area (Å²) in [6.07, 6.45) is -3.06. The van der Waals surface area contributed by atoms with E-state index in [1.807, 2.05) is 0 Å². The summed E-state index contributed by atoms with van der Waals surface area (Å²) in [6.45, 7) is 1.45. The van der Waals surface area contributed by atoms with Crippen LogP contribution in [0.2, 0.25) is 0 Å². The molecule has 3 heterocycles. The fourth-order valence-electron chi connectivity index (χ4n) is 3.09. The van der Waals surface area contributed by atoms with Crippen LogP contribution in [-0.2, 0) is 16.0 Å². The second-order valence-corrected chi connectivity index (χ2v) is 9.06. The van der Waals surface area contributed by atoms with Crippen molar-refractivity contribution in [1.82, 2.24) is 19.7 Å². The van der Waals surface area contributed by atoms with Gasteiger partial charge in [0.2, 0.25) is 0 Å². The quantitative estimate of drug-likeness (QED) is 0.461. The van der Waals surface area contributed by atoms with E-state index in [1.165, 1.54) is 19.1 Å². The molecule has 0 aliphatic rings. The Hall–Kier alpha value is -3.60. The van der Waals surface area contributed by atoms with Crippen molar-refractivity contribution in [2.24, 2.45) is 0 Å². The first-order valence-corrected chi connectivity index (χ1v) is 11.0. The first kappa shape index (κ1) is 21.6. The van der Waals surface area contributed by atoms with Gasteiger partial charge in [0, 0.05) is 17.1 Å². The summed E-state index contributed by atoms with van der Waals surface area (Å²) in [4.78, 5) is 20.8. The number of nitrogens with zero attached hydrogens (tertiary/aromatic N) is 4. The van der Waals surface area contributed by atoms with E-state index in [1.54, 1.807) is 30.3 Å². The van der Waals surface area contributed by atoms with Gasteiger partial charge in [-0.25, -0.2) is 18.4 Å². The number of halogens is 3. The molecule has 0 fully saturated rings. The number of hydrogen-bond donors (Lipinski definition) is 0. The third-order valence-corrected chi connectivity index (χ3v) is 6.53. The van der Waals surface area contributed by atoms with Crippen molar-refractivity contribution < 1.29 is 21.6 Å². The number of hydrogen-bond acceptors (Lipinski definition) is 6. The largest absolute Gasteiger partial charge is 0.417 e. The minimum absolute atomic E-state index is 0.125. The number of rotatable bonds is 4. The normalized spacial score (nSPS) is 12.2. The van der Waals surface area contributed by atoms with Crippen molar-refractivity contribution in [2.75, 3.05) is 5.75 Å². The van der Waals surface area contributed by atoms with Gasteiger partial charge in [-0.05, 0) is 18.2 Å². The summed E-state index contributed by atoms with van der Waals surface area (Å²) >= 11 is 0. The molecule has 0 aliphatic heterocycles. The maximum Gasteiger partial charge on any atom is 0.417 e. The second kappa shape index (κ2) is 7.83. The van der Waals surface area contributed by atoms with E-state index in [0.29, 0.717) is 17.5 Å². The zero-order valence-electron chi connectivity index (χ0n) is 16.5. The van der Waals surface area contributed by atoms with Gasteiger partial charge in [0.05, 0.1) is 23.2 Å². The van der Waals surface area contributed by atoms with Crippen molar-refractivity contribution in [3.8, 4) is 17.1 Å². The van der Waals surface area contributed by atoms with Crippen LogP contribution in [0.15, 0.2) is 70.6 Å². The van der Waals surface area contributed by atoms with E-state index in [0.717, 1.165) is 16.9 Å². The van der Waals surface area contributed by atoms with Gasteiger partial charge in [0.25, 0.3) is 5.56 Å². The Morgan fingerprint density at radius 3 is 2.41 bits per heavy atom. The highest BCUT2D eigenvalue weighted by molar-refractivity contribution is 7.91. The molecule has 7 nitrogen and oxygen atoms in total. The van der Waals surface area contributed by atoms with Crippen LogP contribution in [0.3, 0.4) is 0 Å². The molecular weight excluding hydrogens is 445 g/mol. The summed E-state index contributed by atoms with van der Waals surface area (Å²) in [7, 11) is -3.80. The van der Waals surface area contributed by atoms with Gasteiger partial charge in [-0.15, -0.1) is 0 Å². The number of fused-ring (bicyclic) bond motifs is 1. The van der Waals surface area contributed by atoms with E-state index in [4.69, 9.17) is 0 Å². The SMILES string of the molecule is CCS(=O)(=O)c1ccc(-c2ccccc2)nc1-n1ncc2cc(C(F)(F)F)cnc2c1=O. The van der Waals surface area contributed by atoms with Crippen LogP contribution >= 0.6 is 0 Å². The Bertz CT molecular complexity index is 1480. The molecule has 0 spiro atoms. The standard InChI is InChI=1S/C21H15F3N4O3S/c1-2-32(30,31)17-9-8-16(13-6-4-3-5-7-13)27-19(17)28-20(29)18-14(11-26-28)10-15(12-25-18)21(22,23)24/h3-12H,2H2,1H3. The first-order valence-electron chi connectivity index (χ1n) is 9.36. The minimum atomic E-state index is -4.63. The summed E-state index contributed by atoms with van der Waals surface area (Å²) in [6, 6.07) is 12.5. The Kier molecular flexibility index (Phi) is 5.29. The average molecular weight is 460 g/mol. The predicted octanol–water partition coefficient (Wildman–Crippen LogP) is 3.66. The highest BCUT2D eigenvalue weighted by Gasteiger charge is 2.31. The van der Waals surface area contributed by atoms with Crippen LogP contribution in [-0.4, -0.2) is 33.9 Å². The molecule has 0 unspecified atom stereocenters. The molecule has 4 rings (SSSR count). The van der Waals surface area contributed by atoms with Gasteiger partial charge >= 0.3 is 6.18 Å². The Morgan fingerprint density at radius 1 is 1.03 bits per heavy atom. The fraction of sp³-hybridized carbons (Fsp3) is 0.143. The van der Waals surface area contributed by atoms with Gasteiger partial charge in [-0.2, -0.15) is 23.0 Å². The van der Waals surface area contributed by atoms with Crippen molar-refractivity contribution in [2.45, 2.75) is 18.0 Å². The maximum atomic E-state index is 13.0. The molecule has 11 heteroatoms. The molecule has 0 amide bonds. The van der Waals surface area contributed by atoms with Gasteiger partial charge < -0.3 is 0 Å². The lowest BCUT2D eigenvalue weighted by molar-refractivity contribution is -0.137. The molecule has 0 saturated carbocycles. The monoisotopic (exact) mass is 460 g/mol. The summed E-state index contributed by atoms with van der Waals surface area (Å²) in [5.41, 5.74) is -1.13.